The molecule has 0 spiro atoms. The molecule has 140 valence electrons. The van der Waals surface area contributed by atoms with E-state index in [1.54, 1.807) is 24.3 Å². The molecule has 0 heterocycles. The van der Waals surface area contributed by atoms with Gasteiger partial charge in [0.25, 0.3) is 0 Å². The van der Waals surface area contributed by atoms with E-state index >= 15 is 0 Å². The van der Waals surface area contributed by atoms with E-state index in [1.165, 1.54) is 0 Å². The number of sulfonamides is 1. The average molecular weight is 396 g/mol. The molecule has 0 aliphatic carbocycles. The highest BCUT2D eigenvalue weighted by atomic mass is 35.5. The van der Waals surface area contributed by atoms with Crippen LogP contribution in [-0.4, -0.2) is 47.3 Å². The van der Waals surface area contributed by atoms with Gasteiger partial charge in [-0.3, -0.25) is 9.10 Å². The second-order valence-corrected chi connectivity index (χ2v) is 8.20. The summed E-state index contributed by atoms with van der Waals surface area (Å²) < 4.78 is 25.1. The number of rotatable bonds is 8. The number of para-hydroxylation sites is 1. The van der Waals surface area contributed by atoms with Gasteiger partial charge in [0.2, 0.25) is 15.9 Å². The number of likely N-dealkylation sites (N-methyl/N-ethyl adjacent to an activating group) is 1. The number of amides is 1. The predicted octanol–water partition coefficient (Wildman–Crippen LogP) is 2.36. The van der Waals surface area contributed by atoms with Crippen molar-refractivity contribution in [3.63, 3.8) is 0 Å². The van der Waals surface area contributed by atoms with Crippen molar-refractivity contribution < 1.29 is 13.2 Å². The molecule has 0 aliphatic heterocycles. The summed E-state index contributed by atoms with van der Waals surface area (Å²) in [5.74, 6) is -0.369. The molecule has 2 rings (SSSR count). The van der Waals surface area contributed by atoms with Gasteiger partial charge in [0.1, 0.15) is 6.54 Å². The fourth-order valence-electron chi connectivity index (χ4n) is 2.37. The third-order valence-corrected chi connectivity index (χ3v) is 5.16. The monoisotopic (exact) mass is 395 g/mol. The third kappa shape index (κ3) is 5.93. The van der Waals surface area contributed by atoms with Crippen molar-refractivity contribution in [2.75, 3.05) is 42.1 Å². The Morgan fingerprint density at radius 2 is 1.65 bits per heavy atom. The van der Waals surface area contributed by atoms with Crippen LogP contribution in [0.4, 0.5) is 11.4 Å². The van der Waals surface area contributed by atoms with Crippen LogP contribution in [0.25, 0.3) is 0 Å². The van der Waals surface area contributed by atoms with Crippen molar-refractivity contribution in [1.29, 1.82) is 0 Å². The van der Waals surface area contributed by atoms with Gasteiger partial charge in [-0.15, -0.1) is 0 Å². The van der Waals surface area contributed by atoms with Gasteiger partial charge >= 0.3 is 0 Å². The lowest BCUT2D eigenvalue weighted by atomic mass is 10.3. The second kappa shape index (κ2) is 8.91. The number of anilines is 2. The van der Waals surface area contributed by atoms with Crippen LogP contribution in [0.3, 0.4) is 0 Å². The van der Waals surface area contributed by atoms with E-state index in [2.05, 4.69) is 5.32 Å². The molecule has 1 N–H and O–H groups in total. The summed E-state index contributed by atoms with van der Waals surface area (Å²) in [5.41, 5.74) is 1.44. The Hall–Kier alpha value is -2.25. The molecule has 2 aromatic rings. The van der Waals surface area contributed by atoms with Crippen LogP contribution >= 0.6 is 11.6 Å². The molecule has 0 aromatic heterocycles. The Bertz CT molecular complexity index is 827. The van der Waals surface area contributed by atoms with E-state index in [9.17, 15) is 13.2 Å². The smallest absolute Gasteiger partial charge is 0.240 e. The minimum absolute atomic E-state index is 0.282. The van der Waals surface area contributed by atoms with Gasteiger partial charge in [0.05, 0.1) is 11.9 Å². The predicted molar refractivity (Wildman–Crippen MR) is 106 cm³/mol. The molecule has 1 amide bonds. The molecule has 6 nitrogen and oxygen atoms in total. The van der Waals surface area contributed by atoms with Crippen LogP contribution in [0, 0.1) is 0 Å². The summed E-state index contributed by atoms with van der Waals surface area (Å²) in [6, 6.07) is 16.1. The number of carbonyl (C=O) groups is 1. The highest BCUT2D eigenvalue weighted by Crippen LogP contribution is 2.20. The summed E-state index contributed by atoms with van der Waals surface area (Å²) >= 11 is 5.83. The first-order valence-corrected chi connectivity index (χ1v) is 10.3. The summed E-state index contributed by atoms with van der Waals surface area (Å²) in [7, 11) is -1.66. The average Bonchev–Trinajstić information content (AvgIpc) is 2.60. The summed E-state index contributed by atoms with van der Waals surface area (Å²) in [5, 5.41) is 3.25. The number of hydrogen-bond acceptors (Lipinski definition) is 4. The van der Waals surface area contributed by atoms with Crippen molar-refractivity contribution in [3.05, 3.63) is 59.6 Å². The quantitative estimate of drug-likeness (QED) is 0.744. The number of nitrogens with one attached hydrogen (secondary N) is 1. The third-order valence-electron chi connectivity index (χ3n) is 3.77. The topological polar surface area (TPSA) is 69.7 Å². The minimum Gasteiger partial charge on any atom is -0.373 e. The minimum atomic E-state index is -3.59. The Balaban J connectivity index is 1.92. The first-order valence-electron chi connectivity index (χ1n) is 8.03. The molecule has 8 heteroatoms. The molecular weight excluding hydrogens is 374 g/mol. The highest BCUT2D eigenvalue weighted by molar-refractivity contribution is 7.92. The molecule has 26 heavy (non-hydrogen) atoms. The molecule has 0 radical (unpaired) electrons. The fourth-order valence-corrected chi connectivity index (χ4v) is 3.35. The number of carbonyl (C=O) groups excluding carboxylic acids is 1. The molecule has 0 saturated heterocycles. The van der Waals surface area contributed by atoms with Crippen molar-refractivity contribution in [3.8, 4) is 0 Å². The summed E-state index contributed by atoms with van der Waals surface area (Å²) in [4.78, 5) is 14.2. The molecular formula is C18H22ClN3O3S. The van der Waals surface area contributed by atoms with E-state index in [1.807, 2.05) is 42.3 Å². The number of benzene rings is 2. The first kappa shape index (κ1) is 20.1. The highest BCUT2D eigenvalue weighted by Gasteiger charge is 2.20. The van der Waals surface area contributed by atoms with E-state index in [-0.39, 0.29) is 12.5 Å². The van der Waals surface area contributed by atoms with E-state index in [0.29, 0.717) is 23.8 Å². The van der Waals surface area contributed by atoms with Gasteiger partial charge in [0, 0.05) is 30.8 Å². The number of nitrogens with zero attached hydrogens (tertiary/aromatic N) is 2. The first-order chi connectivity index (χ1) is 12.3. The van der Waals surface area contributed by atoms with Crippen molar-refractivity contribution >= 4 is 38.9 Å². The van der Waals surface area contributed by atoms with Crippen LogP contribution in [0.5, 0.6) is 0 Å². The van der Waals surface area contributed by atoms with Gasteiger partial charge in [-0.2, -0.15) is 0 Å². The van der Waals surface area contributed by atoms with Crippen LogP contribution < -0.4 is 14.5 Å². The second-order valence-electron chi connectivity index (χ2n) is 5.85. The maximum atomic E-state index is 12.2. The molecule has 0 bridgehead atoms. The zero-order valence-corrected chi connectivity index (χ0v) is 16.3. The zero-order valence-electron chi connectivity index (χ0n) is 14.7. The fraction of sp³-hybridized carbons (Fsp3) is 0.278. The van der Waals surface area contributed by atoms with Crippen LogP contribution in [-0.2, 0) is 14.8 Å². The Morgan fingerprint density at radius 3 is 2.23 bits per heavy atom. The van der Waals surface area contributed by atoms with Crippen molar-refractivity contribution in [1.82, 2.24) is 5.32 Å². The molecule has 0 aliphatic rings. The standard InChI is InChI=1S/C18H22ClN3O3S/c1-21(16-6-4-3-5-7-16)13-12-20-18(23)14-22(26(2,24)25)17-10-8-15(19)9-11-17/h3-11H,12-14H2,1-2H3,(H,20,23). The van der Waals surface area contributed by atoms with Crippen molar-refractivity contribution in [2.24, 2.45) is 0 Å². The molecule has 0 fully saturated rings. The van der Waals surface area contributed by atoms with Crippen molar-refractivity contribution in [2.45, 2.75) is 0 Å². The zero-order chi connectivity index (χ0) is 19.2. The largest absolute Gasteiger partial charge is 0.373 e. The SMILES string of the molecule is CN(CCNC(=O)CN(c1ccc(Cl)cc1)S(C)(=O)=O)c1ccccc1. The Morgan fingerprint density at radius 1 is 1.04 bits per heavy atom. The Labute approximate surface area is 159 Å². The maximum Gasteiger partial charge on any atom is 0.240 e. The van der Waals surface area contributed by atoms with Gasteiger partial charge in [-0.1, -0.05) is 29.8 Å². The van der Waals surface area contributed by atoms with Gasteiger partial charge in [-0.05, 0) is 36.4 Å². The molecule has 0 saturated carbocycles. The van der Waals surface area contributed by atoms with Crippen LogP contribution in [0.15, 0.2) is 54.6 Å². The van der Waals surface area contributed by atoms with E-state index < -0.39 is 10.0 Å². The maximum absolute atomic E-state index is 12.2. The Kier molecular flexibility index (Phi) is 6.88. The van der Waals surface area contributed by atoms with E-state index in [4.69, 9.17) is 11.6 Å². The summed E-state index contributed by atoms with van der Waals surface area (Å²) in [6.45, 7) is 0.730. The normalized spacial score (nSPS) is 11.0. The lowest BCUT2D eigenvalue weighted by molar-refractivity contribution is -0.119. The molecule has 2 aromatic carbocycles. The van der Waals surface area contributed by atoms with Crippen LogP contribution in [0.1, 0.15) is 0 Å². The van der Waals surface area contributed by atoms with Crippen LogP contribution in [0.2, 0.25) is 5.02 Å². The van der Waals surface area contributed by atoms with E-state index in [0.717, 1.165) is 16.2 Å². The summed E-state index contributed by atoms with van der Waals surface area (Å²) in [6.07, 6.45) is 1.07. The van der Waals surface area contributed by atoms with Gasteiger partial charge in [-0.25, -0.2) is 8.42 Å². The molecule has 0 unspecified atom stereocenters. The number of halogens is 1. The molecule has 0 atom stereocenters. The lowest BCUT2D eigenvalue weighted by Crippen LogP contribution is -2.42. The van der Waals surface area contributed by atoms with Gasteiger partial charge < -0.3 is 10.2 Å². The lowest BCUT2D eigenvalue weighted by Gasteiger charge is -2.23. The van der Waals surface area contributed by atoms with Gasteiger partial charge in [0.15, 0.2) is 0 Å². The number of hydrogen-bond donors (Lipinski definition) is 1.